The van der Waals surface area contributed by atoms with Crippen LogP contribution in [-0.4, -0.2) is 36.5 Å². The van der Waals surface area contributed by atoms with Crippen LogP contribution in [0.4, 0.5) is 0 Å². The van der Waals surface area contributed by atoms with Crippen molar-refractivity contribution in [3.63, 3.8) is 0 Å². The Hall–Kier alpha value is -2.08. The average Bonchev–Trinajstić information content (AvgIpc) is 3.18. The molecule has 1 atom stereocenters. The van der Waals surface area contributed by atoms with Crippen LogP contribution in [0.1, 0.15) is 42.5 Å². The van der Waals surface area contributed by atoms with Gasteiger partial charge in [0.1, 0.15) is 5.60 Å². The quantitative estimate of drug-likeness (QED) is 0.618. The van der Waals surface area contributed by atoms with E-state index < -0.39 is 11.5 Å². The van der Waals surface area contributed by atoms with E-state index >= 15 is 0 Å². The maximum Gasteiger partial charge on any atom is 0.307 e. The van der Waals surface area contributed by atoms with E-state index in [0.717, 1.165) is 25.7 Å². The highest BCUT2D eigenvalue weighted by molar-refractivity contribution is 6.33. The van der Waals surface area contributed by atoms with E-state index in [1.165, 1.54) is 0 Å². The van der Waals surface area contributed by atoms with Gasteiger partial charge in [-0.3, -0.25) is 14.4 Å². The smallest absolute Gasteiger partial charge is 0.307 e. The van der Waals surface area contributed by atoms with Gasteiger partial charge >= 0.3 is 5.97 Å². The van der Waals surface area contributed by atoms with Crippen LogP contribution in [0.3, 0.4) is 0 Å². The van der Waals surface area contributed by atoms with E-state index in [-0.39, 0.29) is 37.3 Å². The molecule has 1 aromatic rings. The number of rotatable bonds is 5. The third kappa shape index (κ3) is 3.79. The Kier molecular flexibility index (Phi) is 5.27. The fourth-order valence-corrected chi connectivity index (χ4v) is 3.89. The Balaban J connectivity index is 1.47. The summed E-state index contributed by atoms with van der Waals surface area (Å²) in [7, 11) is 0. The van der Waals surface area contributed by atoms with Gasteiger partial charge in [-0.05, 0) is 37.8 Å². The van der Waals surface area contributed by atoms with E-state index in [0.29, 0.717) is 10.6 Å². The highest BCUT2D eigenvalue weighted by Crippen LogP contribution is 2.45. The summed E-state index contributed by atoms with van der Waals surface area (Å²) in [4.78, 5) is 36.1. The molecule has 25 heavy (non-hydrogen) atoms. The third-order valence-electron chi connectivity index (χ3n) is 4.92. The van der Waals surface area contributed by atoms with E-state index in [4.69, 9.17) is 16.3 Å². The van der Waals surface area contributed by atoms with Crippen LogP contribution in [-0.2, 0) is 14.3 Å². The van der Waals surface area contributed by atoms with Crippen molar-refractivity contribution < 1.29 is 19.1 Å². The SMILES string of the molecule is O=C1C[C@@H](C(=O)NCCNC(=O)c2ccccc2Cl)C2(CCCC2)O1. The summed E-state index contributed by atoms with van der Waals surface area (Å²) in [6, 6.07) is 6.78. The van der Waals surface area contributed by atoms with Crippen molar-refractivity contribution in [2.45, 2.75) is 37.7 Å². The molecule has 6 nitrogen and oxygen atoms in total. The van der Waals surface area contributed by atoms with Crippen LogP contribution in [0.15, 0.2) is 24.3 Å². The van der Waals surface area contributed by atoms with Crippen molar-refractivity contribution in [1.82, 2.24) is 10.6 Å². The predicted molar refractivity (Wildman–Crippen MR) is 92.2 cm³/mol. The minimum absolute atomic E-state index is 0.137. The summed E-state index contributed by atoms with van der Waals surface area (Å²) in [5, 5.41) is 5.90. The number of nitrogens with one attached hydrogen (secondary N) is 2. The number of benzene rings is 1. The maximum atomic E-state index is 12.4. The van der Waals surface area contributed by atoms with Gasteiger partial charge in [0.2, 0.25) is 5.91 Å². The minimum Gasteiger partial charge on any atom is -0.458 e. The summed E-state index contributed by atoms with van der Waals surface area (Å²) < 4.78 is 5.47. The monoisotopic (exact) mass is 364 g/mol. The van der Waals surface area contributed by atoms with Gasteiger partial charge in [0, 0.05) is 13.1 Å². The van der Waals surface area contributed by atoms with Gasteiger partial charge in [0.15, 0.2) is 0 Å². The number of carbonyl (C=O) groups excluding carboxylic acids is 3. The lowest BCUT2D eigenvalue weighted by Gasteiger charge is -2.27. The second-order valence-corrected chi connectivity index (χ2v) is 6.94. The van der Waals surface area contributed by atoms with Gasteiger partial charge in [-0.25, -0.2) is 0 Å². The van der Waals surface area contributed by atoms with Crippen LogP contribution >= 0.6 is 11.6 Å². The Labute approximate surface area is 151 Å². The number of ether oxygens (including phenoxy) is 1. The van der Waals surface area contributed by atoms with Crippen LogP contribution in [0.5, 0.6) is 0 Å². The van der Waals surface area contributed by atoms with Gasteiger partial charge in [-0.15, -0.1) is 0 Å². The summed E-state index contributed by atoms with van der Waals surface area (Å²) in [5.74, 6) is -1.19. The lowest BCUT2D eigenvalue weighted by atomic mass is 9.85. The van der Waals surface area contributed by atoms with Crippen molar-refractivity contribution >= 4 is 29.4 Å². The highest BCUT2D eigenvalue weighted by atomic mass is 35.5. The first-order valence-electron chi connectivity index (χ1n) is 8.54. The molecule has 0 bridgehead atoms. The normalized spacial score (nSPS) is 21.2. The molecule has 1 heterocycles. The minimum atomic E-state index is -0.609. The number of amides is 2. The molecule has 7 heteroatoms. The molecule has 1 saturated carbocycles. The first-order valence-corrected chi connectivity index (χ1v) is 8.92. The van der Waals surface area contributed by atoms with Gasteiger partial charge < -0.3 is 15.4 Å². The molecule has 0 unspecified atom stereocenters. The number of halogens is 1. The van der Waals surface area contributed by atoms with Crippen LogP contribution in [0.2, 0.25) is 5.02 Å². The Morgan fingerprint density at radius 2 is 1.84 bits per heavy atom. The Morgan fingerprint density at radius 1 is 1.16 bits per heavy atom. The molecule has 0 aromatic heterocycles. The molecule has 2 fully saturated rings. The molecular formula is C18H21ClN2O4. The van der Waals surface area contributed by atoms with E-state index in [9.17, 15) is 14.4 Å². The number of hydrogen-bond acceptors (Lipinski definition) is 4. The zero-order valence-electron chi connectivity index (χ0n) is 13.8. The Bertz CT molecular complexity index is 685. The second-order valence-electron chi connectivity index (χ2n) is 6.53. The molecule has 1 aromatic carbocycles. The first kappa shape index (κ1) is 17.7. The summed E-state index contributed by atoms with van der Waals surface area (Å²) in [6.45, 7) is 0.570. The number of carbonyl (C=O) groups is 3. The Morgan fingerprint density at radius 3 is 2.56 bits per heavy atom. The van der Waals surface area contributed by atoms with Crippen molar-refractivity contribution in [2.75, 3.05) is 13.1 Å². The molecule has 1 aliphatic heterocycles. The van der Waals surface area contributed by atoms with Crippen molar-refractivity contribution in [3.8, 4) is 0 Å². The highest BCUT2D eigenvalue weighted by Gasteiger charge is 2.53. The number of hydrogen-bond donors (Lipinski definition) is 2. The molecule has 1 spiro atoms. The van der Waals surface area contributed by atoms with Gasteiger partial charge in [0.25, 0.3) is 5.91 Å². The first-order chi connectivity index (χ1) is 12.0. The van der Waals surface area contributed by atoms with Gasteiger partial charge in [-0.2, -0.15) is 0 Å². The molecule has 1 aliphatic carbocycles. The zero-order chi connectivity index (χ0) is 17.9. The van der Waals surface area contributed by atoms with Gasteiger partial charge in [0.05, 0.1) is 22.9 Å². The fraction of sp³-hybridized carbons (Fsp3) is 0.500. The van der Waals surface area contributed by atoms with Crippen LogP contribution < -0.4 is 10.6 Å². The lowest BCUT2D eigenvalue weighted by molar-refractivity contribution is -0.149. The molecule has 2 N–H and O–H groups in total. The second kappa shape index (κ2) is 7.44. The van der Waals surface area contributed by atoms with E-state index in [1.807, 2.05) is 0 Å². The lowest BCUT2D eigenvalue weighted by Crippen LogP contribution is -2.44. The summed E-state index contributed by atoms with van der Waals surface area (Å²) in [6.07, 6.45) is 3.59. The molecule has 3 rings (SSSR count). The molecular weight excluding hydrogens is 344 g/mol. The van der Waals surface area contributed by atoms with Crippen molar-refractivity contribution in [1.29, 1.82) is 0 Å². The van der Waals surface area contributed by atoms with Crippen molar-refractivity contribution in [3.05, 3.63) is 34.9 Å². The molecule has 134 valence electrons. The van der Waals surface area contributed by atoms with E-state index in [1.54, 1.807) is 24.3 Å². The molecule has 2 aliphatic rings. The summed E-state index contributed by atoms with van der Waals surface area (Å²) >= 11 is 5.97. The molecule has 1 saturated heterocycles. The largest absolute Gasteiger partial charge is 0.458 e. The fourth-order valence-electron chi connectivity index (χ4n) is 3.67. The van der Waals surface area contributed by atoms with E-state index in [2.05, 4.69) is 10.6 Å². The number of esters is 1. The summed E-state index contributed by atoms with van der Waals surface area (Å²) in [5.41, 5.74) is -0.211. The molecule has 0 radical (unpaired) electrons. The average molecular weight is 365 g/mol. The van der Waals surface area contributed by atoms with Gasteiger partial charge in [-0.1, -0.05) is 23.7 Å². The molecule has 2 amide bonds. The van der Waals surface area contributed by atoms with Crippen LogP contribution in [0.25, 0.3) is 0 Å². The zero-order valence-corrected chi connectivity index (χ0v) is 14.6. The standard InChI is InChI=1S/C18H21ClN2O4/c19-14-6-2-1-5-12(14)16(23)20-9-10-21-17(24)13-11-15(22)25-18(13)7-3-4-8-18/h1-2,5-6,13H,3-4,7-11H2,(H,20,23)(H,21,24)/t13-/m0/s1. The maximum absolute atomic E-state index is 12.4. The van der Waals surface area contributed by atoms with Crippen LogP contribution in [0, 0.1) is 5.92 Å². The van der Waals surface area contributed by atoms with Crippen molar-refractivity contribution in [2.24, 2.45) is 5.92 Å². The third-order valence-corrected chi connectivity index (χ3v) is 5.25. The topological polar surface area (TPSA) is 84.5 Å². The predicted octanol–water partition coefficient (Wildman–Crippen LogP) is 2.06.